The molecular formula is C9H18O3Si. The molecule has 0 saturated carbocycles. The molecule has 0 bridgehead atoms. The molecule has 0 atom stereocenters. The zero-order chi connectivity index (χ0) is 10.1. The van der Waals surface area contributed by atoms with Gasteiger partial charge >= 0.3 is 5.97 Å². The van der Waals surface area contributed by atoms with Crippen LogP contribution in [0.2, 0.25) is 6.04 Å². The Morgan fingerprint density at radius 3 is 2.31 bits per heavy atom. The van der Waals surface area contributed by atoms with Crippen LogP contribution in [0.1, 0.15) is 19.8 Å². The van der Waals surface area contributed by atoms with Crippen LogP contribution >= 0.6 is 0 Å². The normalized spacial score (nSPS) is 17.1. The molecule has 0 spiro atoms. The molecule has 0 aromatic carbocycles. The van der Waals surface area contributed by atoms with Crippen molar-refractivity contribution < 1.29 is 14.0 Å². The molecule has 0 N–H and O–H groups in total. The number of rotatable bonds is 1. The Kier molecular flexibility index (Phi) is 7.63. The highest BCUT2D eigenvalue weighted by Crippen LogP contribution is 2.01. The van der Waals surface area contributed by atoms with Crippen LogP contribution in [-0.2, 0) is 14.0 Å². The van der Waals surface area contributed by atoms with Gasteiger partial charge in [-0.2, -0.15) is 0 Å². The molecule has 0 aromatic heterocycles. The molecule has 76 valence electrons. The Bertz CT molecular complexity index is 153. The third-order valence-electron chi connectivity index (χ3n) is 1.61. The van der Waals surface area contributed by atoms with Crippen LogP contribution in [0.25, 0.3) is 0 Å². The van der Waals surface area contributed by atoms with Crippen molar-refractivity contribution in [2.75, 3.05) is 13.7 Å². The molecule has 1 aliphatic rings. The lowest BCUT2D eigenvalue weighted by molar-refractivity contribution is -0.136. The molecule has 13 heavy (non-hydrogen) atoms. The summed E-state index contributed by atoms with van der Waals surface area (Å²) in [5.41, 5.74) is 0.433. The van der Waals surface area contributed by atoms with Crippen LogP contribution in [-0.4, -0.2) is 29.4 Å². The standard InChI is InChI=1S/C5H8O2.C4H10OSi/c1-4(2)5(6)7-3;1-2-4-6-5-3-1/h1H2,2-3H3;1-4,6H2. The smallest absolute Gasteiger partial charge is 0.332 e. The van der Waals surface area contributed by atoms with E-state index in [9.17, 15) is 4.79 Å². The fraction of sp³-hybridized carbons (Fsp3) is 0.667. The van der Waals surface area contributed by atoms with Crippen molar-refractivity contribution in [2.45, 2.75) is 25.8 Å². The number of carbonyl (C=O) groups excluding carboxylic acids is 1. The van der Waals surface area contributed by atoms with E-state index in [2.05, 4.69) is 11.3 Å². The fourth-order valence-electron chi connectivity index (χ4n) is 0.861. The van der Waals surface area contributed by atoms with E-state index in [-0.39, 0.29) is 15.7 Å². The Morgan fingerprint density at radius 2 is 2.23 bits per heavy atom. The first-order chi connectivity index (χ1) is 6.18. The van der Waals surface area contributed by atoms with E-state index < -0.39 is 0 Å². The van der Waals surface area contributed by atoms with E-state index in [1.165, 1.54) is 26.0 Å². The molecule has 4 heteroatoms. The topological polar surface area (TPSA) is 35.5 Å². The minimum atomic E-state index is -0.347. The third kappa shape index (κ3) is 7.74. The van der Waals surface area contributed by atoms with Crippen LogP contribution in [0.15, 0.2) is 12.2 Å². The summed E-state index contributed by atoms with van der Waals surface area (Å²) < 4.78 is 9.48. The summed E-state index contributed by atoms with van der Waals surface area (Å²) in [5, 5.41) is 0. The van der Waals surface area contributed by atoms with Gasteiger partial charge in [-0.05, 0) is 19.4 Å². The Hall–Kier alpha value is -0.613. The SMILES string of the molecule is C1CC[SiH2]OC1.C=C(C)C(=O)OC. The quantitative estimate of drug-likeness (QED) is 0.362. The molecule has 0 amide bonds. The second kappa shape index (κ2) is 8.01. The van der Waals surface area contributed by atoms with E-state index in [1.54, 1.807) is 6.92 Å². The van der Waals surface area contributed by atoms with Crippen molar-refractivity contribution in [2.24, 2.45) is 0 Å². The van der Waals surface area contributed by atoms with Crippen LogP contribution in [0.4, 0.5) is 0 Å². The highest BCUT2D eigenvalue weighted by Gasteiger charge is 1.96. The average Bonchev–Trinajstić information content (AvgIpc) is 2.20. The van der Waals surface area contributed by atoms with Crippen molar-refractivity contribution >= 4 is 15.7 Å². The molecule has 3 nitrogen and oxygen atoms in total. The van der Waals surface area contributed by atoms with Gasteiger partial charge in [-0.1, -0.05) is 13.0 Å². The average molecular weight is 202 g/mol. The Labute approximate surface area is 82.1 Å². The maximum atomic E-state index is 10.2. The first-order valence-electron chi connectivity index (χ1n) is 4.50. The first-order valence-corrected chi connectivity index (χ1v) is 6.07. The van der Waals surface area contributed by atoms with Gasteiger partial charge in [0.15, 0.2) is 9.76 Å². The van der Waals surface area contributed by atoms with E-state index in [0.29, 0.717) is 5.57 Å². The Morgan fingerprint density at radius 1 is 1.54 bits per heavy atom. The van der Waals surface area contributed by atoms with E-state index in [4.69, 9.17) is 4.43 Å². The number of hydrogen-bond acceptors (Lipinski definition) is 3. The van der Waals surface area contributed by atoms with Gasteiger partial charge in [-0.15, -0.1) is 0 Å². The number of esters is 1. The Balaban J connectivity index is 0.000000223. The van der Waals surface area contributed by atoms with Crippen molar-refractivity contribution in [1.82, 2.24) is 0 Å². The van der Waals surface area contributed by atoms with Crippen LogP contribution in [0, 0.1) is 0 Å². The predicted molar refractivity (Wildman–Crippen MR) is 55.4 cm³/mol. The highest BCUT2D eigenvalue weighted by molar-refractivity contribution is 6.27. The summed E-state index contributed by atoms with van der Waals surface area (Å²) in [6.45, 7) is 6.02. The van der Waals surface area contributed by atoms with E-state index in [0.717, 1.165) is 6.61 Å². The van der Waals surface area contributed by atoms with Crippen LogP contribution < -0.4 is 0 Å². The molecule has 1 saturated heterocycles. The van der Waals surface area contributed by atoms with Gasteiger partial charge in [-0.25, -0.2) is 4.79 Å². The second-order valence-corrected chi connectivity index (χ2v) is 4.47. The first kappa shape index (κ1) is 12.4. The predicted octanol–water partition coefficient (Wildman–Crippen LogP) is 1.03. The second-order valence-electron chi connectivity index (χ2n) is 2.94. The maximum absolute atomic E-state index is 10.2. The minimum absolute atomic E-state index is 0.00849. The summed E-state index contributed by atoms with van der Waals surface area (Å²) in [4.78, 5) is 10.2. The zero-order valence-electron chi connectivity index (χ0n) is 8.47. The van der Waals surface area contributed by atoms with Gasteiger partial charge < -0.3 is 9.16 Å². The number of methoxy groups -OCH3 is 1. The lowest BCUT2D eigenvalue weighted by Crippen LogP contribution is -2.06. The molecule has 1 fully saturated rings. The minimum Gasteiger partial charge on any atom is -0.466 e. The number of ether oxygens (including phenoxy) is 1. The lowest BCUT2D eigenvalue weighted by Gasteiger charge is -2.07. The van der Waals surface area contributed by atoms with Crippen molar-refractivity contribution in [3.63, 3.8) is 0 Å². The highest BCUT2D eigenvalue weighted by atomic mass is 28.2. The maximum Gasteiger partial charge on any atom is 0.332 e. The van der Waals surface area contributed by atoms with Crippen LogP contribution in [0.5, 0.6) is 0 Å². The van der Waals surface area contributed by atoms with Gasteiger partial charge in [0.25, 0.3) is 0 Å². The van der Waals surface area contributed by atoms with Gasteiger partial charge in [0.2, 0.25) is 0 Å². The van der Waals surface area contributed by atoms with E-state index >= 15 is 0 Å². The number of carbonyl (C=O) groups is 1. The van der Waals surface area contributed by atoms with Crippen molar-refractivity contribution in [3.8, 4) is 0 Å². The summed E-state index contributed by atoms with van der Waals surface area (Å²) >= 11 is 0. The van der Waals surface area contributed by atoms with Crippen LogP contribution in [0.3, 0.4) is 0 Å². The summed E-state index contributed by atoms with van der Waals surface area (Å²) in [5.74, 6) is -0.347. The molecule has 0 aliphatic carbocycles. The summed E-state index contributed by atoms with van der Waals surface area (Å²) in [7, 11) is 1.34. The molecule has 0 radical (unpaired) electrons. The molecular weight excluding hydrogens is 184 g/mol. The van der Waals surface area contributed by atoms with Crippen molar-refractivity contribution in [1.29, 1.82) is 0 Å². The zero-order valence-corrected chi connectivity index (χ0v) is 9.88. The number of hydrogen-bond donors (Lipinski definition) is 0. The van der Waals surface area contributed by atoms with Gasteiger partial charge in [0.1, 0.15) is 0 Å². The molecule has 1 heterocycles. The monoisotopic (exact) mass is 202 g/mol. The van der Waals surface area contributed by atoms with Gasteiger partial charge in [-0.3, -0.25) is 0 Å². The summed E-state index contributed by atoms with van der Waals surface area (Å²) in [6, 6.07) is 1.42. The largest absolute Gasteiger partial charge is 0.466 e. The van der Waals surface area contributed by atoms with E-state index in [1.807, 2.05) is 0 Å². The van der Waals surface area contributed by atoms with Gasteiger partial charge in [0.05, 0.1) is 7.11 Å². The molecule has 1 aliphatic heterocycles. The fourth-order valence-corrected chi connectivity index (χ4v) is 2.03. The van der Waals surface area contributed by atoms with Gasteiger partial charge in [0, 0.05) is 12.2 Å². The lowest BCUT2D eigenvalue weighted by atomic mass is 10.4. The molecule has 0 unspecified atom stereocenters. The molecule has 0 aromatic rings. The molecule has 1 rings (SSSR count). The summed E-state index contributed by atoms with van der Waals surface area (Å²) in [6.07, 6.45) is 2.75. The van der Waals surface area contributed by atoms with Crippen molar-refractivity contribution in [3.05, 3.63) is 12.2 Å². The third-order valence-corrected chi connectivity index (χ3v) is 2.98.